The van der Waals surface area contributed by atoms with Crippen LogP contribution in [0.15, 0.2) is 34.1 Å². The number of carbonyl (C=O) groups is 1. The third kappa shape index (κ3) is 4.40. The fraction of sp³-hybridized carbons (Fsp3) is 0.455. The van der Waals surface area contributed by atoms with E-state index in [0.717, 1.165) is 12.8 Å². The molecule has 0 saturated carbocycles. The van der Waals surface area contributed by atoms with Crippen molar-refractivity contribution in [1.82, 2.24) is 14.3 Å². The van der Waals surface area contributed by atoms with Crippen LogP contribution in [0.3, 0.4) is 0 Å². The van der Waals surface area contributed by atoms with E-state index in [0.29, 0.717) is 45.9 Å². The molecule has 2 fully saturated rings. The third-order valence-corrected chi connectivity index (χ3v) is 6.73. The summed E-state index contributed by atoms with van der Waals surface area (Å²) in [5.41, 5.74) is 0.772. The van der Waals surface area contributed by atoms with Crippen molar-refractivity contribution in [3.05, 3.63) is 45.2 Å². The van der Waals surface area contributed by atoms with Gasteiger partial charge in [-0.1, -0.05) is 43.4 Å². The van der Waals surface area contributed by atoms with Gasteiger partial charge in [-0.2, -0.15) is 0 Å². The first-order valence-corrected chi connectivity index (χ1v) is 11.8. The molecule has 9 heteroatoms. The number of thiocarbonyl (C=S) groups is 1. The molecule has 164 valence electrons. The number of unbranched alkanes of at least 4 members (excludes halogenated alkanes) is 1. The van der Waals surface area contributed by atoms with Crippen LogP contribution in [0.2, 0.25) is 0 Å². The maximum absolute atomic E-state index is 13.4. The molecule has 2 saturated heterocycles. The minimum absolute atomic E-state index is 0.0138. The Morgan fingerprint density at radius 3 is 2.71 bits per heavy atom. The molecular weight excluding hydrogens is 432 g/mol. The van der Waals surface area contributed by atoms with Crippen LogP contribution in [0.25, 0.3) is 11.7 Å². The first-order valence-electron chi connectivity index (χ1n) is 10.6. The number of aromatic nitrogens is 2. The van der Waals surface area contributed by atoms with Gasteiger partial charge in [0, 0.05) is 25.8 Å². The van der Waals surface area contributed by atoms with E-state index >= 15 is 0 Å². The lowest BCUT2D eigenvalue weighted by atomic mass is 10.2. The van der Waals surface area contributed by atoms with Gasteiger partial charge in [0.05, 0.1) is 22.7 Å². The van der Waals surface area contributed by atoms with Crippen LogP contribution in [0.5, 0.6) is 0 Å². The molecule has 0 radical (unpaired) electrons. The van der Waals surface area contributed by atoms with Crippen LogP contribution in [0.1, 0.15) is 39.2 Å². The Morgan fingerprint density at radius 2 is 2.00 bits per heavy atom. The zero-order valence-electron chi connectivity index (χ0n) is 17.9. The lowest BCUT2D eigenvalue weighted by Crippen LogP contribution is -2.46. The normalized spacial score (nSPS) is 23.4. The number of thioether (sulfide) groups is 1. The van der Waals surface area contributed by atoms with Crippen molar-refractivity contribution in [3.63, 3.8) is 0 Å². The van der Waals surface area contributed by atoms with E-state index in [2.05, 4.69) is 11.8 Å². The second-order valence-electron chi connectivity index (χ2n) is 7.93. The Morgan fingerprint density at radius 1 is 1.26 bits per heavy atom. The minimum Gasteiger partial charge on any atom is -0.372 e. The van der Waals surface area contributed by atoms with Crippen molar-refractivity contribution in [3.8, 4) is 0 Å². The van der Waals surface area contributed by atoms with Crippen LogP contribution in [-0.2, 0) is 9.53 Å². The van der Waals surface area contributed by atoms with E-state index in [1.807, 2.05) is 26.0 Å². The first kappa shape index (κ1) is 22.0. The molecule has 2 aromatic rings. The number of morpholine rings is 1. The predicted molar refractivity (Wildman–Crippen MR) is 128 cm³/mol. The van der Waals surface area contributed by atoms with Gasteiger partial charge in [-0.15, -0.1) is 0 Å². The van der Waals surface area contributed by atoms with Crippen molar-refractivity contribution in [2.45, 2.75) is 45.8 Å². The second kappa shape index (κ2) is 9.10. The maximum Gasteiger partial charge on any atom is 0.267 e. The van der Waals surface area contributed by atoms with Gasteiger partial charge in [-0.05, 0) is 38.5 Å². The molecule has 0 bridgehead atoms. The van der Waals surface area contributed by atoms with Crippen molar-refractivity contribution >= 4 is 51.7 Å². The highest BCUT2D eigenvalue weighted by Crippen LogP contribution is 2.34. The average Bonchev–Trinajstić information content (AvgIpc) is 3.00. The smallest absolute Gasteiger partial charge is 0.267 e. The van der Waals surface area contributed by atoms with Crippen LogP contribution >= 0.6 is 24.0 Å². The van der Waals surface area contributed by atoms with E-state index in [1.54, 1.807) is 23.2 Å². The van der Waals surface area contributed by atoms with E-state index < -0.39 is 0 Å². The highest BCUT2D eigenvalue weighted by atomic mass is 32.2. The van der Waals surface area contributed by atoms with Crippen LogP contribution in [0, 0.1) is 0 Å². The van der Waals surface area contributed by atoms with Crippen molar-refractivity contribution in [2.75, 3.05) is 24.5 Å². The Hall–Kier alpha value is -2.23. The lowest BCUT2D eigenvalue weighted by Gasteiger charge is -2.36. The third-order valence-electron chi connectivity index (χ3n) is 5.35. The van der Waals surface area contributed by atoms with Crippen molar-refractivity contribution in [1.29, 1.82) is 0 Å². The predicted octanol–water partition coefficient (Wildman–Crippen LogP) is 3.31. The van der Waals surface area contributed by atoms with Gasteiger partial charge in [0.25, 0.3) is 11.5 Å². The molecule has 2 aromatic heterocycles. The van der Waals surface area contributed by atoms with Crippen molar-refractivity contribution < 1.29 is 9.53 Å². The van der Waals surface area contributed by atoms with Gasteiger partial charge in [0.1, 0.15) is 15.8 Å². The summed E-state index contributed by atoms with van der Waals surface area (Å²) in [5, 5.41) is 0. The molecule has 2 atom stereocenters. The van der Waals surface area contributed by atoms with Gasteiger partial charge < -0.3 is 9.64 Å². The molecule has 4 rings (SSSR count). The van der Waals surface area contributed by atoms with E-state index in [4.69, 9.17) is 21.9 Å². The summed E-state index contributed by atoms with van der Waals surface area (Å²) in [6.45, 7) is 7.94. The molecule has 7 nitrogen and oxygen atoms in total. The van der Waals surface area contributed by atoms with E-state index in [-0.39, 0.29) is 23.7 Å². The summed E-state index contributed by atoms with van der Waals surface area (Å²) in [5.74, 6) is 0.438. The van der Waals surface area contributed by atoms with Crippen LogP contribution in [-0.4, -0.2) is 56.4 Å². The molecule has 2 unspecified atom stereocenters. The lowest BCUT2D eigenvalue weighted by molar-refractivity contribution is -0.122. The molecule has 0 spiro atoms. The zero-order valence-corrected chi connectivity index (χ0v) is 19.5. The largest absolute Gasteiger partial charge is 0.372 e. The number of ether oxygens (including phenoxy) is 1. The standard InChI is InChI=1S/C22H26N4O3S2/c1-4-5-9-26-21(28)17(31-22(26)30)11-16-19(24-12-14(2)29-15(3)13-24)23-18-8-6-7-10-25(18)20(16)27/h6-8,10-11,14-15H,4-5,9,12-13H2,1-3H3. The van der Waals surface area contributed by atoms with Gasteiger partial charge in [-0.25, -0.2) is 4.98 Å². The topological polar surface area (TPSA) is 67.2 Å². The van der Waals surface area contributed by atoms with Crippen LogP contribution in [0.4, 0.5) is 5.82 Å². The molecule has 0 aliphatic carbocycles. The number of pyridine rings is 1. The molecule has 0 aromatic carbocycles. The molecule has 2 aliphatic heterocycles. The fourth-order valence-corrected chi connectivity index (χ4v) is 5.24. The number of fused-ring (bicyclic) bond motifs is 1. The Balaban J connectivity index is 1.82. The molecule has 0 N–H and O–H groups in total. The number of nitrogens with zero attached hydrogens (tertiary/aromatic N) is 4. The number of rotatable bonds is 5. The molecule has 31 heavy (non-hydrogen) atoms. The number of amides is 1. The number of anilines is 1. The first-order chi connectivity index (χ1) is 14.9. The monoisotopic (exact) mass is 458 g/mol. The average molecular weight is 459 g/mol. The summed E-state index contributed by atoms with van der Waals surface area (Å²) in [4.78, 5) is 35.4. The SMILES string of the molecule is CCCCN1C(=O)C(=Cc2c(N3CC(C)OC(C)C3)nc3ccccn3c2=O)SC1=S. The summed E-state index contributed by atoms with van der Waals surface area (Å²) in [6.07, 6.45) is 5.25. The quantitative estimate of drug-likeness (QED) is 0.503. The number of hydrogen-bond donors (Lipinski definition) is 0. The Bertz CT molecular complexity index is 1100. The van der Waals surface area contributed by atoms with Gasteiger partial charge in [0.15, 0.2) is 0 Å². The molecule has 2 aliphatic rings. The molecule has 4 heterocycles. The van der Waals surface area contributed by atoms with E-state index in [9.17, 15) is 9.59 Å². The van der Waals surface area contributed by atoms with Gasteiger partial charge in [-0.3, -0.25) is 18.9 Å². The zero-order chi connectivity index (χ0) is 22.1. The summed E-state index contributed by atoms with van der Waals surface area (Å²) in [7, 11) is 0. The maximum atomic E-state index is 13.4. The Kier molecular flexibility index (Phi) is 6.45. The fourth-order valence-electron chi connectivity index (χ4n) is 3.95. The summed E-state index contributed by atoms with van der Waals surface area (Å²) in [6, 6.07) is 5.46. The Labute approximate surface area is 191 Å². The number of carbonyl (C=O) groups excluding carboxylic acids is 1. The number of hydrogen-bond acceptors (Lipinski definition) is 7. The highest BCUT2D eigenvalue weighted by Gasteiger charge is 2.33. The molecule has 1 amide bonds. The summed E-state index contributed by atoms with van der Waals surface area (Å²) >= 11 is 6.67. The summed E-state index contributed by atoms with van der Waals surface area (Å²) < 4.78 is 7.91. The van der Waals surface area contributed by atoms with Crippen molar-refractivity contribution in [2.24, 2.45) is 0 Å². The second-order valence-corrected chi connectivity index (χ2v) is 9.61. The minimum atomic E-state index is -0.203. The molecular formula is C22H26N4O3S2. The van der Waals surface area contributed by atoms with Gasteiger partial charge in [0.2, 0.25) is 0 Å². The van der Waals surface area contributed by atoms with Gasteiger partial charge >= 0.3 is 0 Å². The highest BCUT2D eigenvalue weighted by molar-refractivity contribution is 8.26. The van der Waals surface area contributed by atoms with E-state index in [1.165, 1.54) is 16.2 Å². The van der Waals surface area contributed by atoms with Crippen LogP contribution < -0.4 is 10.5 Å².